The van der Waals surface area contributed by atoms with Crippen molar-refractivity contribution in [1.29, 1.82) is 0 Å². The molecule has 24 heavy (non-hydrogen) atoms. The van der Waals surface area contributed by atoms with Crippen LogP contribution in [0.3, 0.4) is 0 Å². The Morgan fingerprint density at radius 1 is 1.17 bits per heavy atom. The molecule has 0 aromatic carbocycles. The number of anilines is 1. The van der Waals surface area contributed by atoms with Crippen molar-refractivity contribution in [1.82, 2.24) is 14.9 Å². The molecule has 1 amide bonds. The van der Waals surface area contributed by atoms with E-state index in [1.165, 1.54) is 0 Å². The van der Waals surface area contributed by atoms with Gasteiger partial charge in [-0.15, -0.1) is 0 Å². The molecule has 1 aromatic heterocycles. The molecule has 1 atom stereocenters. The van der Waals surface area contributed by atoms with Crippen molar-refractivity contribution < 1.29 is 4.79 Å². The number of hydrogen-bond acceptors (Lipinski definition) is 4. The van der Waals surface area contributed by atoms with Gasteiger partial charge in [0, 0.05) is 49.8 Å². The average Bonchev–Trinajstić information content (AvgIpc) is 2.61. The van der Waals surface area contributed by atoms with Gasteiger partial charge in [-0.05, 0) is 26.2 Å². The molecule has 0 N–H and O–H groups in total. The predicted octanol–water partition coefficient (Wildman–Crippen LogP) is 2.91. The first-order chi connectivity index (χ1) is 11.5. The molecule has 5 heteroatoms. The zero-order valence-electron chi connectivity index (χ0n) is 15.0. The fourth-order valence-electron chi connectivity index (χ4n) is 3.43. The van der Waals surface area contributed by atoms with E-state index >= 15 is 0 Å². The summed E-state index contributed by atoms with van der Waals surface area (Å²) in [5.74, 6) is 2.75. The van der Waals surface area contributed by atoms with Crippen molar-refractivity contribution in [3.63, 3.8) is 0 Å². The minimum absolute atomic E-state index is 0.190. The number of allylic oxidation sites excluding steroid dienone is 2. The van der Waals surface area contributed by atoms with Crippen molar-refractivity contribution in [3.8, 4) is 0 Å². The molecule has 0 spiro atoms. The molecule has 3 rings (SSSR count). The van der Waals surface area contributed by atoms with E-state index in [1.54, 1.807) is 0 Å². The van der Waals surface area contributed by atoms with E-state index in [4.69, 9.17) is 4.98 Å². The van der Waals surface area contributed by atoms with Crippen LogP contribution in [-0.4, -0.2) is 47.0 Å². The highest BCUT2D eigenvalue weighted by atomic mass is 16.2. The molecule has 0 bridgehead atoms. The molecule has 0 radical (unpaired) electrons. The molecular weight excluding hydrogens is 300 g/mol. The second-order valence-electron chi connectivity index (χ2n) is 7.17. The molecular formula is C19H28N4O. The highest BCUT2D eigenvalue weighted by molar-refractivity contribution is 5.79. The van der Waals surface area contributed by atoms with Gasteiger partial charge in [0.25, 0.3) is 0 Å². The highest BCUT2D eigenvalue weighted by Crippen LogP contribution is 2.23. The molecule has 0 saturated carbocycles. The van der Waals surface area contributed by atoms with Crippen LogP contribution in [0.2, 0.25) is 0 Å². The molecule has 1 aliphatic carbocycles. The van der Waals surface area contributed by atoms with Crippen LogP contribution in [0.5, 0.6) is 0 Å². The number of nitrogens with zero attached hydrogens (tertiary/aromatic N) is 4. The fraction of sp³-hybridized carbons (Fsp3) is 0.632. The van der Waals surface area contributed by atoms with E-state index < -0.39 is 0 Å². The van der Waals surface area contributed by atoms with Crippen molar-refractivity contribution >= 4 is 11.7 Å². The normalized spacial score (nSPS) is 21.4. The summed E-state index contributed by atoms with van der Waals surface area (Å²) in [4.78, 5) is 26.2. The lowest BCUT2D eigenvalue weighted by Gasteiger charge is -2.37. The molecule has 1 fully saturated rings. The van der Waals surface area contributed by atoms with Gasteiger partial charge in [-0.1, -0.05) is 26.0 Å². The zero-order chi connectivity index (χ0) is 17.1. The molecule has 1 saturated heterocycles. The molecule has 5 nitrogen and oxygen atoms in total. The van der Waals surface area contributed by atoms with Crippen LogP contribution in [0.4, 0.5) is 5.82 Å². The zero-order valence-corrected chi connectivity index (χ0v) is 15.0. The number of rotatable bonds is 3. The van der Waals surface area contributed by atoms with Crippen LogP contribution in [0.15, 0.2) is 18.2 Å². The highest BCUT2D eigenvalue weighted by Gasteiger charge is 2.28. The molecule has 2 aliphatic rings. The lowest BCUT2D eigenvalue weighted by atomic mass is 9.93. The molecule has 1 aromatic rings. The van der Waals surface area contributed by atoms with E-state index in [9.17, 15) is 4.79 Å². The van der Waals surface area contributed by atoms with E-state index in [1.807, 2.05) is 11.8 Å². The summed E-state index contributed by atoms with van der Waals surface area (Å²) in [7, 11) is 0. The second kappa shape index (κ2) is 7.32. The third-order valence-corrected chi connectivity index (χ3v) is 4.91. The van der Waals surface area contributed by atoms with Gasteiger partial charge >= 0.3 is 0 Å². The minimum Gasteiger partial charge on any atom is -0.353 e. The van der Waals surface area contributed by atoms with E-state index in [-0.39, 0.29) is 5.92 Å². The van der Waals surface area contributed by atoms with Crippen molar-refractivity contribution in [2.45, 2.75) is 46.0 Å². The Balaban J connectivity index is 1.62. The lowest BCUT2D eigenvalue weighted by molar-refractivity contribution is -0.136. The Morgan fingerprint density at radius 2 is 1.92 bits per heavy atom. The summed E-state index contributed by atoms with van der Waals surface area (Å²) in [5, 5.41) is 0. The Labute approximate surface area is 144 Å². The fourth-order valence-corrected chi connectivity index (χ4v) is 3.43. The average molecular weight is 328 g/mol. The maximum absolute atomic E-state index is 12.6. The van der Waals surface area contributed by atoms with Gasteiger partial charge in [0.05, 0.1) is 0 Å². The second-order valence-corrected chi connectivity index (χ2v) is 7.17. The van der Waals surface area contributed by atoms with E-state index in [2.05, 4.69) is 41.9 Å². The number of carbonyl (C=O) groups is 1. The summed E-state index contributed by atoms with van der Waals surface area (Å²) in [6.45, 7) is 9.54. The van der Waals surface area contributed by atoms with Gasteiger partial charge in [-0.3, -0.25) is 4.79 Å². The quantitative estimate of drug-likeness (QED) is 0.801. The summed E-state index contributed by atoms with van der Waals surface area (Å²) in [5.41, 5.74) is 1.01. The van der Waals surface area contributed by atoms with Gasteiger partial charge in [-0.2, -0.15) is 0 Å². The van der Waals surface area contributed by atoms with Crippen LogP contribution in [0, 0.1) is 12.8 Å². The summed E-state index contributed by atoms with van der Waals surface area (Å²) in [6.07, 6.45) is 7.28. The first kappa shape index (κ1) is 16.9. The largest absolute Gasteiger partial charge is 0.353 e. The maximum Gasteiger partial charge on any atom is 0.226 e. The number of piperazine rings is 1. The predicted molar refractivity (Wildman–Crippen MR) is 96.1 cm³/mol. The molecule has 0 unspecified atom stereocenters. The Kier molecular flexibility index (Phi) is 5.17. The van der Waals surface area contributed by atoms with Gasteiger partial charge in [-0.25, -0.2) is 9.97 Å². The van der Waals surface area contributed by atoms with Crippen molar-refractivity contribution in [2.75, 3.05) is 31.1 Å². The minimum atomic E-state index is 0.190. The van der Waals surface area contributed by atoms with E-state index in [0.717, 1.165) is 62.8 Å². The Hall–Kier alpha value is -1.91. The standard InChI is InChI=1S/C19H28N4O/c1-14(2)18-20-15(3)13-17(21-18)22-9-11-23(12-10-22)19(24)16-7-5-4-6-8-16/h4-5,13-14,16H,6-12H2,1-3H3/t16-/m1/s1. The first-order valence-corrected chi connectivity index (χ1v) is 9.09. The topological polar surface area (TPSA) is 49.3 Å². The first-order valence-electron chi connectivity index (χ1n) is 9.09. The van der Waals surface area contributed by atoms with Crippen LogP contribution in [0.25, 0.3) is 0 Å². The number of aryl methyl sites for hydroxylation is 1. The third-order valence-electron chi connectivity index (χ3n) is 4.91. The molecule has 2 heterocycles. The van der Waals surface area contributed by atoms with Gasteiger partial charge in [0.15, 0.2) is 0 Å². The van der Waals surface area contributed by atoms with Crippen LogP contribution >= 0.6 is 0 Å². The maximum atomic E-state index is 12.6. The Bertz CT molecular complexity index is 618. The number of hydrogen-bond donors (Lipinski definition) is 0. The number of carbonyl (C=O) groups excluding carboxylic acids is 1. The molecule has 130 valence electrons. The summed E-state index contributed by atoms with van der Waals surface area (Å²) >= 11 is 0. The SMILES string of the molecule is Cc1cc(N2CCN(C(=O)[C@@H]3CC=CCC3)CC2)nc(C(C)C)n1. The van der Waals surface area contributed by atoms with Crippen molar-refractivity contribution in [2.24, 2.45) is 5.92 Å². The summed E-state index contributed by atoms with van der Waals surface area (Å²) < 4.78 is 0. The van der Waals surface area contributed by atoms with Crippen molar-refractivity contribution in [3.05, 3.63) is 29.7 Å². The number of aromatic nitrogens is 2. The van der Waals surface area contributed by atoms with Crippen LogP contribution in [-0.2, 0) is 4.79 Å². The number of amides is 1. The van der Waals surface area contributed by atoms with Gasteiger partial charge in [0.2, 0.25) is 5.91 Å². The van der Waals surface area contributed by atoms with Crippen LogP contribution < -0.4 is 4.90 Å². The summed E-state index contributed by atoms with van der Waals surface area (Å²) in [6, 6.07) is 2.05. The van der Waals surface area contributed by atoms with E-state index in [0.29, 0.717) is 11.8 Å². The lowest BCUT2D eigenvalue weighted by Crippen LogP contribution is -2.50. The monoisotopic (exact) mass is 328 g/mol. The smallest absolute Gasteiger partial charge is 0.226 e. The van der Waals surface area contributed by atoms with Gasteiger partial charge < -0.3 is 9.80 Å². The van der Waals surface area contributed by atoms with Crippen LogP contribution in [0.1, 0.15) is 50.5 Å². The third kappa shape index (κ3) is 3.77. The van der Waals surface area contributed by atoms with Gasteiger partial charge in [0.1, 0.15) is 11.6 Å². The Morgan fingerprint density at radius 3 is 2.54 bits per heavy atom. The molecule has 1 aliphatic heterocycles.